The molecule has 0 aliphatic rings. The molecule has 0 aliphatic carbocycles. The average Bonchev–Trinajstić information content (AvgIpc) is 3.65. The molecule has 11 rings (SSSR count). The summed E-state index contributed by atoms with van der Waals surface area (Å²) in [6.45, 7) is 0. The maximum absolute atomic E-state index is 5.10. The monoisotopic (exact) mass is 699 g/mol. The van der Waals surface area contributed by atoms with Gasteiger partial charge in [0.15, 0.2) is 0 Å². The largest absolute Gasteiger partial charge is 0.292 e. The van der Waals surface area contributed by atoms with E-state index in [9.17, 15) is 0 Å². The average molecular weight is 700 g/mol. The standard InChI is InChI=1S/C52H33N3/c1-3-11-38-31-41(23-19-34(38)9-1)50-44-13-5-6-14-45(44)51(42-24-20-35-10-2-4-12-39(35)32-42)47-33-40(25-26-46(47)50)36-17-21-37(22-18-36)52-54-48-15-7-8-16-49(48)55(52)43-27-29-53-30-28-43/h1-33H. The fourth-order valence-electron chi connectivity index (χ4n) is 8.46. The van der Waals surface area contributed by atoms with Crippen LogP contribution < -0.4 is 0 Å². The summed E-state index contributed by atoms with van der Waals surface area (Å²) in [5, 5.41) is 9.94. The number of pyridine rings is 1. The Balaban J connectivity index is 1.12. The van der Waals surface area contributed by atoms with Crippen LogP contribution in [0.15, 0.2) is 200 Å². The lowest BCUT2D eigenvalue weighted by molar-refractivity contribution is 1.09. The van der Waals surface area contributed by atoms with Gasteiger partial charge in [-0.15, -0.1) is 0 Å². The Bertz CT molecular complexity index is 3250. The van der Waals surface area contributed by atoms with Gasteiger partial charge < -0.3 is 0 Å². The van der Waals surface area contributed by atoms with E-state index >= 15 is 0 Å². The van der Waals surface area contributed by atoms with E-state index in [0.29, 0.717) is 0 Å². The lowest BCUT2D eigenvalue weighted by Gasteiger charge is -2.19. The van der Waals surface area contributed by atoms with Gasteiger partial charge in [-0.2, -0.15) is 0 Å². The molecule has 0 aliphatic heterocycles. The smallest absolute Gasteiger partial charge is 0.145 e. The van der Waals surface area contributed by atoms with Crippen LogP contribution in [0.25, 0.3) is 105 Å². The second kappa shape index (κ2) is 12.6. The summed E-state index contributed by atoms with van der Waals surface area (Å²) in [5.74, 6) is 0.905. The van der Waals surface area contributed by atoms with Gasteiger partial charge in [0.25, 0.3) is 0 Å². The molecule has 0 unspecified atom stereocenters. The number of aromatic nitrogens is 3. The first-order valence-corrected chi connectivity index (χ1v) is 18.7. The van der Waals surface area contributed by atoms with Crippen molar-refractivity contribution in [2.45, 2.75) is 0 Å². The molecule has 0 bridgehead atoms. The van der Waals surface area contributed by atoms with Crippen molar-refractivity contribution in [3.63, 3.8) is 0 Å². The van der Waals surface area contributed by atoms with Gasteiger partial charge in [0.05, 0.1) is 16.7 Å². The third-order valence-corrected chi connectivity index (χ3v) is 11.1. The molecule has 0 fully saturated rings. The van der Waals surface area contributed by atoms with Gasteiger partial charge in [0.2, 0.25) is 0 Å². The lowest BCUT2D eigenvalue weighted by Crippen LogP contribution is -1.97. The zero-order valence-corrected chi connectivity index (χ0v) is 29.9. The van der Waals surface area contributed by atoms with Gasteiger partial charge >= 0.3 is 0 Å². The zero-order chi connectivity index (χ0) is 36.3. The first-order valence-electron chi connectivity index (χ1n) is 18.7. The third-order valence-electron chi connectivity index (χ3n) is 11.1. The van der Waals surface area contributed by atoms with Crippen LogP contribution in [0, 0.1) is 0 Å². The summed E-state index contributed by atoms with van der Waals surface area (Å²) < 4.78 is 2.22. The first kappa shape index (κ1) is 31.2. The van der Waals surface area contributed by atoms with Crippen LogP contribution in [0.1, 0.15) is 0 Å². The minimum absolute atomic E-state index is 0.905. The van der Waals surface area contributed by atoms with Crippen molar-refractivity contribution in [3.8, 4) is 50.5 Å². The number of benzene rings is 9. The van der Waals surface area contributed by atoms with E-state index in [0.717, 1.165) is 33.7 Å². The van der Waals surface area contributed by atoms with Gasteiger partial charge in [-0.25, -0.2) is 4.98 Å². The predicted octanol–water partition coefficient (Wildman–Crippen LogP) is 13.7. The fourth-order valence-corrected chi connectivity index (χ4v) is 8.46. The maximum atomic E-state index is 5.10. The molecule has 0 saturated heterocycles. The van der Waals surface area contributed by atoms with Crippen LogP contribution in [0.5, 0.6) is 0 Å². The topological polar surface area (TPSA) is 30.7 Å². The van der Waals surface area contributed by atoms with Crippen molar-refractivity contribution in [3.05, 3.63) is 200 Å². The van der Waals surface area contributed by atoms with Crippen LogP contribution in [-0.4, -0.2) is 14.5 Å². The first-order chi connectivity index (χ1) is 27.3. The number of imidazole rings is 1. The van der Waals surface area contributed by atoms with E-state index in [2.05, 4.69) is 179 Å². The molecule has 3 nitrogen and oxygen atoms in total. The van der Waals surface area contributed by atoms with Crippen LogP contribution in [0.4, 0.5) is 0 Å². The molecule has 9 aromatic carbocycles. The van der Waals surface area contributed by atoms with Crippen molar-refractivity contribution < 1.29 is 0 Å². The number of rotatable bonds is 5. The van der Waals surface area contributed by atoms with Crippen molar-refractivity contribution in [2.24, 2.45) is 0 Å². The molecule has 2 aromatic heterocycles. The highest BCUT2D eigenvalue weighted by molar-refractivity contribution is 6.22. The molecule has 0 N–H and O–H groups in total. The van der Waals surface area contributed by atoms with Gasteiger partial charge in [0.1, 0.15) is 5.82 Å². The fraction of sp³-hybridized carbons (Fsp3) is 0. The molecule has 0 radical (unpaired) electrons. The molecule has 256 valence electrons. The summed E-state index contributed by atoms with van der Waals surface area (Å²) in [7, 11) is 0. The van der Waals surface area contributed by atoms with E-state index in [1.165, 1.54) is 70.9 Å². The molecule has 0 spiro atoms. The van der Waals surface area contributed by atoms with E-state index in [1.807, 2.05) is 30.6 Å². The summed E-state index contributed by atoms with van der Waals surface area (Å²) >= 11 is 0. The zero-order valence-electron chi connectivity index (χ0n) is 29.9. The molecule has 0 saturated carbocycles. The Hall–Kier alpha value is -7.36. The SMILES string of the molecule is c1ccc2cc(-c3c4ccccc4c(-c4ccc5ccccc5c4)c4cc(-c5ccc(-c6nc7ccccc7n6-c6ccncc6)cc5)ccc34)ccc2c1. The van der Waals surface area contributed by atoms with E-state index < -0.39 is 0 Å². The summed E-state index contributed by atoms with van der Waals surface area (Å²) in [6, 6.07) is 68.2. The summed E-state index contributed by atoms with van der Waals surface area (Å²) in [4.78, 5) is 9.36. The second-order valence-corrected chi connectivity index (χ2v) is 14.2. The van der Waals surface area contributed by atoms with Crippen molar-refractivity contribution in [1.29, 1.82) is 0 Å². The highest BCUT2D eigenvalue weighted by Gasteiger charge is 2.19. The minimum Gasteiger partial charge on any atom is -0.292 e. The lowest BCUT2D eigenvalue weighted by atomic mass is 9.84. The highest BCUT2D eigenvalue weighted by Crippen LogP contribution is 2.46. The Morgan fingerprint density at radius 1 is 0.345 bits per heavy atom. The van der Waals surface area contributed by atoms with E-state index in [1.54, 1.807) is 0 Å². The number of nitrogens with zero attached hydrogens (tertiary/aromatic N) is 3. The summed E-state index contributed by atoms with van der Waals surface area (Å²) in [6.07, 6.45) is 3.66. The van der Waals surface area contributed by atoms with Crippen molar-refractivity contribution in [2.75, 3.05) is 0 Å². The van der Waals surface area contributed by atoms with Gasteiger partial charge in [-0.05, 0) is 119 Å². The highest BCUT2D eigenvalue weighted by atomic mass is 15.1. The number of para-hydroxylation sites is 2. The quantitative estimate of drug-likeness (QED) is 0.167. The van der Waals surface area contributed by atoms with Crippen molar-refractivity contribution in [1.82, 2.24) is 14.5 Å². The normalized spacial score (nSPS) is 11.6. The molecule has 55 heavy (non-hydrogen) atoms. The van der Waals surface area contributed by atoms with Crippen LogP contribution in [0.2, 0.25) is 0 Å². The molecule has 11 aromatic rings. The molecular weight excluding hydrogens is 667 g/mol. The molecule has 2 heterocycles. The second-order valence-electron chi connectivity index (χ2n) is 14.2. The predicted molar refractivity (Wildman–Crippen MR) is 231 cm³/mol. The summed E-state index contributed by atoms with van der Waals surface area (Å²) in [5.41, 5.74) is 11.4. The Labute approximate surface area is 318 Å². The molecule has 3 heteroatoms. The maximum Gasteiger partial charge on any atom is 0.145 e. The van der Waals surface area contributed by atoms with Gasteiger partial charge in [-0.1, -0.05) is 146 Å². The van der Waals surface area contributed by atoms with Crippen LogP contribution in [-0.2, 0) is 0 Å². The molecule has 0 amide bonds. The van der Waals surface area contributed by atoms with Gasteiger partial charge in [0, 0.05) is 18.0 Å². The third kappa shape index (κ3) is 5.20. The number of hydrogen-bond acceptors (Lipinski definition) is 2. The number of hydrogen-bond donors (Lipinski definition) is 0. The van der Waals surface area contributed by atoms with E-state index in [4.69, 9.17) is 4.98 Å². The Kier molecular flexibility index (Phi) is 7.17. The van der Waals surface area contributed by atoms with E-state index in [-0.39, 0.29) is 0 Å². The Morgan fingerprint density at radius 2 is 0.855 bits per heavy atom. The van der Waals surface area contributed by atoms with Crippen LogP contribution >= 0.6 is 0 Å². The van der Waals surface area contributed by atoms with Crippen LogP contribution in [0.3, 0.4) is 0 Å². The van der Waals surface area contributed by atoms with Gasteiger partial charge in [-0.3, -0.25) is 9.55 Å². The number of fused-ring (bicyclic) bond motifs is 5. The minimum atomic E-state index is 0.905. The van der Waals surface area contributed by atoms with Crippen molar-refractivity contribution >= 4 is 54.1 Å². The molecular formula is C52H33N3. The molecule has 0 atom stereocenters. The Morgan fingerprint density at radius 3 is 1.53 bits per heavy atom.